The summed E-state index contributed by atoms with van der Waals surface area (Å²) in [4.78, 5) is 27.4. The number of aromatic nitrogens is 2. The van der Waals surface area contributed by atoms with Crippen molar-refractivity contribution in [2.45, 2.75) is 4.90 Å². The molecule has 0 bridgehead atoms. The van der Waals surface area contributed by atoms with Crippen molar-refractivity contribution in [3.63, 3.8) is 0 Å². The molecule has 0 unspecified atom stereocenters. The molecule has 22 heavy (non-hydrogen) atoms. The Morgan fingerprint density at radius 1 is 0.909 bits per heavy atom. The molecule has 0 aliphatic heterocycles. The van der Waals surface area contributed by atoms with E-state index in [2.05, 4.69) is 9.97 Å². The highest BCUT2D eigenvalue weighted by Crippen LogP contribution is 2.28. The molecule has 0 fully saturated rings. The van der Waals surface area contributed by atoms with Crippen LogP contribution in [-0.4, -0.2) is 22.9 Å². The van der Waals surface area contributed by atoms with Crippen LogP contribution in [0, 0.1) is 0 Å². The molecule has 0 aliphatic rings. The van der Waals surface area contributed by atoms with E-state index in [1.165, 1.54) is 6.07 Å². The van der Waals surface area contributed by atoms with E-state index in [1.807, 2.05) is 0 Å². The van der Waals surface area contributed by atoms with Crippen LogP contribution in [0.1, 0.15) is 0 Å². The predicted molar refractivity (Wildman–Crippen MR) is 80.4 cm³/mol. The van der Waals surface area contributed by atoms with Gasteiger partial charge >= 0.3 is 5.69 Å². The molecular weight excluding hydrogens is 308 g/mol. The van der Waals surface area contributed by atoms with Gasteiger partial charge in [-0.15, -0.1) is 0 Å². The van der Waals surface area contributed by atoms with Gasteiger partial charge in [0.15, 0.2) is 0 Å². The van der Waals surface area contributed by atoms with Gasteiger partial charge in [0, 0.05) is 0 Å². The van der Waals surface area contributed by atoms with Crippen molar-refractivity contribution in [2.75, 3.05) is 0 Å². The summed E-state index contributed by atoms with van der Waals surface area (Å²) in [6.45, 7) is 0. The van der Waals surface area contributed by atoms with Crippen molar-refractivity contribution in [3.8, 4) is 11.1 Å². The lowest BCUT2D eigenvalue weighted by Crippen LogP contribution is -2.23. The zero-order valence-electron chi connectivity index (χ0n) is 11.0. The molecule has 0 saturated carbocycles. The molecular formula is C14H10N2O5S. The standard InChI is InChI=1S/C14H10N2O5S/c17-13-11-9(8-4-2-1-3-5-8)6-7-10(22(19,20)21)12(11)15-14(18)16-13/h1-7H,(H,19,20,21)(H2,15,16,17,18). The molecule has 0 atom stereocenters. The van der Waals surface area contributed by atoms with E-state index in [1.54, 1.807) is 30.3 Å². The number of H-pyrrole nitrogens is 2. The number of fused-ring (bicyclic) bond motifs is 1. The van der Waals surface area contributed by atoms with Crippen molar-refractivity contribution in [1.29, 1.82) is 0 Å². The minimum Gasteiger partial charge on any atom is -0.305 e. The van der Waals surface area contributed by atoms with Gasteiger partial charge in [-0.25, -0.2) is 4.79 Å². The number of aromatic amines is 2. The maximum absolute atomic E-state index is 12.1. The molecule has 0 spiro atoms. The zero-order valence-corrected chi connectivity index (χ0v) is 11.8. The van der Waals surface area contributed by atoms with E-state index < -0.39 is 26.3 Å². The quantitative estimate of drug-likeness (QED) is 0.612. The maximum atomic E-state index is 12.1. The molecule has 3 rings (SSSR count). The van der Waals surface area contributed by atoms with Gasteiger partial charge in [0.2, 0.25) is 0 Å². The fourth-order valence-corrected chi connectivity index (χ4v) is 2.98. The predicted octanol–water partition coefficient (Wildman–Crippen LogP) is 1.13. The topological polar surface area (TPSA) is 120 Å². The Balaban J connectivity index is 2.54. The number of nitrogens with one attached hydrogen (secondary N) is 2. The maximum Gasteiger partial charge on any atom is 0.326 e. The van der Waals surface area contributed by atoms with Crippen LogP contribution in [0.2, 0.25) is 0 Å². The molecule has 1 aromatic heterocycles. The van der Waals surface area contributed by atoms with Crippen LogP contribution < -0.4 is 11.2 Å². The van der Waals surface area contributed by atoms with Crippen LogP contribution in [-0.2, 0) is 10.1 Å². The summed E-state index contributed by atoms with van der Waals surface area (Å²) in [6.07, 6.45) is 0. The van der Waals surface area contributed by atoms with Crippen LogP contribution in [0.15, 0.2) is 56.9 Å². The molecule has 0 amide bonds. The molecule has 8 heteroatoms. The van der Waals surface area contributed by atoms with Gasteiger partial charge in [0.1, 0.15) is 4.90 Å². The van der Waals surface area contributed by atoms with Gasteiger partial charge in [-0.2, -0.15) is 8.42 Å². The Hall–Kier alpha value is -2.71. The molecule has 112 valence electrons. The van der Waals surface area contributed by atoms with Crippen LogP contribution >= 0.6 is 0 Å². The van der Waals surface area contributed by atoms with Gasteiger partial charge in [-0.1, -0.05) is 36.4 Å². The highest BCUT2D eigenvalue weighted by molar-refractivity contribution is 7.86. The summed E-state index contributed by atoms with van der Waals surface area (Å²) in [5.74, 6) is 0. The lowest BCUT2D eigenvalue weighted by Gasteiger charge is -2.08. The van der Waals surface area contributed by atoms with Crippen molar-refractivity contribution in [1.82, 2.24) is 9.97 Å². The first-order valence-corrected chi connectivity index (χ1v) is 7.64. The van der Waals surface area contributed by atoms with E-state index >= 15 is 0 Å². The third kappa shape index (κ3) is 2.34. The molecule has 3 aromatic rings. The Labute approximate surface area is 124 Å². The molecule has 1 heterocycles. The molecule has 0 aliphatic carbocycles. The molecule has 3 N–H and O–H groups in total. The minimum absolute atomic E-state index is 0.0130. The van der Waals surface area contributed by atoms with Crippen LogP contribution in [0.3, 0.4) is 0 Å². The van der Waals surface area contributed by atoms with E-state index in [0.29, 0.717) is 11.1 Å². The fourth-order valence-electron chi connectivity index (χ4n) is 2.33. The molecule has 7 nitrogen and oxygen atoms in total. The molecule has 0 radical (unpaired) electrons. The highest BCUT2D eigenvalue weighted by atomic mass is 32.2. The molecule has 2 aromatic carbocycles. The van der Waals surface area contributed by atoms with E-state index in [-0.39, 0.29) is 10.9 Å². The Bertz CT molecular complexity index is 1080. The van der Waals surface area contributed by atoms with Gasteiger partial charge in [-0.3, -0.25) is 14.3 Å². The Kier molecular flexibility index (Phi) is 3.19. The monoisotopic (exact) mass is 318 g/mol. The van der Waals surface area contributed by atoms with E-state index in [4.69, 9.17) is 0 Å². The Morgan fingerprint density at radius 3 is 2.23 bits per heavy atom. The zero-order chi connectivity index (χ0) is 15.9. The van der Waals surface area contributed by atoms with E-state index in [9.17, 15) is 22.6 Å². The Morgan fingerprint density at radius 2 is 1.59 bits per heavy atom. The first-order chi connectivity index (χ1) is 10.4. The van der Waals surface area contributed by atoms with Crippen LogP contribution in [0.25, 0.3) is 22.0 Å². The smallest absolute Gasteiger partial charge is 0.305 e. The average Bonchev–Trinajstić information content (AvgIpc) is 2.45. The first-order valence-electron chi connectivity index (χ1n) is 6.20. The number of hydrogen-bond acceptors (Lipinski definition) is 4. The largest absolute Gasteiger partial charge is 0.326 e. The normalized spacial score (nSPS) is 11.7. The van der Waals surface area contributed by atoms with Gasteiger partial charge in [-0.05, 0) is 17.2 Å². The first kappa shape index (κ1) is 14.2. The summed E-state index contributed by atoms with van der Waals surface area (Å²) >= 11 is 0. The highest BCUT2D eigenvalue weighted by Gasteiger charge is 2.19. The second kappa shape index (κ2) is 4.93. The summed E-state index contributed by atoms with van der Waals surface area (Å²) in [7, 11) is -4.58. The van der Waals surface area contributed by atoms with Crippen molar-refractivity contribution in [2.24, 2.45) is 0 Å². The second-order valence-electron chi connectivity index (χ2n) is 4.61. The second-order valence-corrected chi connectivity index (χ2v) is 6.00. The van der Waals surface area contributed by atoms with Crippen LogP contribution in [0.4, 0.5) is 0 Å². The van der Waals surface area contributed by atoms with Gasteiger partial charge < -0.3 is 4.98 Å². The van der Waals surface area contributed by atoms with Crippen molar-refractivity contribution in [3.05, 3.63) is 63.3 Å². The summed E-state index contributed by atoms with van der Waals surface area (Å²) in [6, 6.07) is 11.4. The molecule has 0 saturated heterocycles. The third-order valence-corrected chi connectivity index (χ3v) is 4.12. The number of hydrogen-bond donors (Lipinski definition) is 3. The average molecular weight is 318 g/mol. The summed E-state index contributed by atoms with van der Waals surface area (Å²) in [5.41, 5.74) is -0.694. The fraction of sp³-hybridized carbons (Fsp3) is 0. The third-order valence-electron chi connectivity index (χ3n) is 3.22. The number of benzene rings is 2. The summed E-state index contributed by atoms with van der Waals surface area (Å²) in [5, 5.41) is -0.0130. The minimum atomic E-state index is -4.58. The lowest BCUT2D eigenvalue weighted by atomic mass is 10.0. The van der Waals surface area contributed by atoms with E-state index in [0.717, 1.165) is 6.07 Å². The SMILES string of the molecule is O=c1[nH]c(=O)c2c(-c3ccccc3)ccc(S(=O)(=O)O)c2[nH]1. The van der Waals surface area contributed by atoms with Crippen molar-refractivity contribution >= 4 is 21.0 Å². The van der Waals surface area contributed by atoms with Gasteiger partial charge in [0.25, 0.3) is 15.7 Å². The lowest BCUT2D eigenvalue weighted by molar-refractivity contribution is 0.484. The number of rotatable bonds is 2. The van der Waals surface area contributed by atoms with Crippen molar-refractivity contribution < 1.29 is 13.0 Å². The van der Waals surface area contributed by atoms with Crippen LogP contribution in [0.5, 0.6) is 0 Å². The summed E-state index contributed by atoms with van der Waals surface area (Å²) < 4.78 is 32.1. The van der Waals surface area contributed by atoms with Gasteiger partial charge in [0.05, 0.1) is 10.9 Å².